The largest absolute Gasteiger partial charge is 0.397 e. The molecular formula is C13H16N2. The second-order valence-corrected chi connectivity index (χ2v) is 4.31. The van der Waals surface area contributed by atoms with Gasteiger partial charge in [0.05, 0.1) is 17.4 Å². The van der Waals surface area contributed by atoms with Crippen molar-refractivity contribution in [3.05, 3.63) is 36.0 Å². The molecule has 0 bridgehead atoms. The minimum absolute atomic E-state index is 0.609. The number of hydrogen-bond donors (Lipinski definition) is 1. The highest BCUT2D eigenvalue weighted by Gasteiger charge is 2.07. The lowest BCUT2D eigenvalue weighted by atomic mass is 9.98. The molecule has 2 nitrogen and oxygen atoms in total. The molecule has 1 heterocycles. The van der Waals surface area contributed by atoms with Gasteiger partial charge in [0.1, 0.15) is 0 Å². The number of benzene rings is 1. The number of nitrogen functional groups attached to an aromatic ring is 1. The highest BCUT2D eigenvalue weighted by atomic mass is 14.7. The Kier molecular flexibility index (Phi) is 2.58. The van der Waals surface area contributed by atoms with Crippen LogP contribution in [-0.4, -0.2) is 4.98 Å². The minimum atomic E-state index is 0.609. The van der Waals surface area contributed by atoms with Gasteiger partial charge in [-0.3, -0.25) is 4.98 Å². The molecule has 2 N–H and O–H groups in total. The van der Waals surface area contributed by atoms with Gasteiger partial charge in [-0.2, -0.15) is 0 Å². The van der Waals surface area contributed by atoms with E-state index in [0.29, 0.717) is 5.92 Å². The van der Waals surface area contributed by atoms with Crippen LogP contribution >= 0.6 is 0 Å². The van der Waals surface area contributed by atoms with Crippen LogP contribution in [0.15, 0.2) is 30.5 Å². The number of fused-ring (bicyclic) bond motifs is 1. The number of para-hydroxylation sites is 1. The van der Waals surface area contributed by atoms with E-state index in [2.05, 4.69) is 24.9 Å². The van der Waals surface area contributed by atoms with Crippen LogP contribution in [-0.2, 0) is 6.42 Å². The zero-order chi connectivity index (χ0) is 10.8. The monoisotopic (exact) mass is 200 g/mol. The maximum atomic E-state index is 5.97. The quantitative estimate of drug-likeness (QED) is 0.809. The van der Waals surface area contributed by atoms with Gasteiger partial charge < -0.3 is 5.73 Å². The third-order valence-electron chi connectivity index (χ3n) is 2.53. The van der Waals surface area contributed by atoms with Crippen molar-refractivity contribution in [3.8, 4) is 0 Å². The van der Waals surface area contributed by atoms with E-state index >= 15 is 0 Å². The van der Waals surface area contributed by atoms with Gasteiger partial charge in [-0.25, -0.2) is 0 Å². The average Bonchev–Trinajstić information content (AvgIpc) is 2.22. The van der Waals surface area contributed by atoms with Crippen LogP contribution in [0.3, 0.4) is 0 Å². The Morgan fingerprint density at radius 2 is 2.00 bits per heavy atom. The van der Waals surface area contributed by atoms with Gasteiger partial charge in [-0.15, -0.1) is 0 Å². The van der Waals surface area contributed by atoms with Crippen LogP contribution in [0.25, 0.3) is 10.9 Å². The lowest BCUT2D eigenvalue weighted by Crippen LogP contribution is -2.01. The second kappa shape index (κ2) is 3.89. The molecule has 0 aliphatic carbocycles. The first-order valence-electron chi connectivity index (χ1n) is 5.30. The molecule has 0 spiro atoms. The van der Waals surface area contributed by atoms with E-state index in [0.717, 1.165) is 17.6 Å². The summed E-state index contributed by atoms with van der Waals surface area (Å²) >= 11 is 0. The van der Waals surface area contributed by atoms with Crippen LogP contribution < -0.4 is 5.73 Å². The summed E-state index contributed by atoms with van der Waals surface area (Å²) in [6.45, 7) is 4.41. The van der Waals surface area contributed by atoms with Crippen LogP contribution in [0, 0.1) is 5.92 Å². The zero-order valence-electron chi connectivity index (χ0n) is 9.20. The van der Waals surface area contributed by atoms with Gasteiger partial charge in [0.2, 0.25) is 0 Å². The number of pyridine rings is 1. The molecule has 2 heteroatoms. The number of anilines is 1. The molecule has 1 aromatic carbocycles. The van der Waals surface area contributed by atoms with E-state index in [1.807, 2.05) is 18.2 Å². The highest BCUT2D eigenvalue weighted by Crippen LogP contribution is 2.24. The molecular weight excluding hydrogens is 184 g/mol. The van der Waals surface area contributed by atoms with Crippen LogP contribution in [0.1, 0.15) is 19.4 Å². The Morgan fingerprint density at radius 3 is 2.73 bits per heavy atom. The molecule has 2 rings (SSSR count). The number of aromatic nitrogens is 1. The smallest absolute Gasteiger partial charge is 0.0706 e. The Morgan fingerprint density at radius 1 is 1.27 bits per heavy atom. The molecule has 2 aromatic rings. The first kappa shape index (κ1) is 9.97. The number of nitrogens with two attached hydrogens (primary N) is 1. The van der Waals surface area contributed by atoms with Crippen LogP contribution in [0.4, 0.5) is 5.69 Å². The van der Waals surface area contributed by atoms with Gasteiger partial charge in [0.25, 0.3) is 0 Å². The first-order chi connectivity index (χ1) is 7.18. The van der Waals surface area contributed by atoms with Crippen molar-refractivity contribution in [1.82, 2.24) is 4.98 Å². The average molecular weight is 200 g/mol. The number of nitrogens with zero attached hydrogens (tertiary/aromatic N) is 1. The van der Waals surface area contributed by atoms with Gasteiger partial charge >= 0.3 is 0 Å². The van der Waals surface area contributed by atoms with E-state index in [-0.39, 0.29) is 0 Å². The van der Waals surface area contributed by atoms with Gasteiger partial charge in [-0.1, -0.05) is 32.0 Å². The molecule has 0 saturated heterocycles. The Bertz CT molecular complexity index is 475. The van der Waals surface area contributed by atoms with E-state index in [1.165, 1.54) is 10.9 Å². The van der Waals surface area contributed by atoms with Crippen molar-refractivity contribution in [3.63, 3.8) is 0 Å². The first-order valence-corrected chi connectivity index (χ1v) is 5.30. The summed E-state index contributed by atoms with van der Waals surface area (Å²) in [5.41, 5.74) is 9.04. The molecule has 0 radical (unpaired) electrons. The van der Waals surface area contributed by atoms with E-state index in [9.17, 15) is 0 Å². The normalized spacial score (nSPS) is 11.1. The summed E-state index contributed by atoms with van der Waals surface area (Å²) in [5.74, 6) is 0.609. The standard InChI is InChI=1S/C13H16N2/c1-9(2)7-11-10-5-3-4-6-13(10)15-8-12(11)14/h3-6,8-9H,7,14H2,1-2H3. The SMILES string of the molecule is CC(C)Cc1c(N)cnc2ccccc12. The molecule has 0 amide bonds. The predicted octanol–water partition coefficient (Wildman–Crippen LogP) is 3.02. The van der Waals surface area contributed by atoms with Crippen LogP contribution in [0.2, 0.25) is 0 Å². The Balaban J connectivity index is 2.63. The van der Waals surface area contributed by atoms with Crippen molar-refractivity contribution in [1.29, 1.82) is 0 Å². The maximum Gasteiger partial charge on any atom is 0.0706 e. The molecule has 0 atom stereocenters. The number of hydrogen-bond acceptors (Lipinski definition) is 2. The highest BCUT2D eigenvalue weighted by molar-refractivity contribution is 5.85. The summed E-state index contributed by atoms with van der Waals surface area (Å²) in [4.78, 5) is 4.32. The third-order valence-corrected chi connectivity index (χ3v) is 2.53. The molecule has 1 aromatic heterocycles. The summed E-state index contributed by atoms with van der Waals surface area (Å²) in [5, 5.41) is 1.19. The molecule has 0 saturated carbocycles. The van der Waals surface area contributed by atoms with Crippen molar-refractivity contribution in [2.75, 3.05) is 5.73 Å². The summed E-state index contributed by atoms with van der Waals surface area (Å²) < 4.78 is 0. The van der Waals surface area contributed by atoms with Gasteiger partial charge in [0.15, 0.2) is 0 Å². The summed E-state index contributed by atoms with van der Waals surface area (Å²) in [7, 11) is 0. The van der Waals surface area contributed by atoms with Crippen molar-refractivity contribution in [2.45, 2.75) is 20.3 Å². The Labute approximate surface area is 90.1 Å². The predicted molar refractivity (Wildman–Crippen MR) is 64.7 cm³/mol. The molecule has 0 unspecified atom stereocenters. The summed E-state index contributed by atoms with van der Waals surface area (Å²) in [6, 6.07) is 8.16. The van der Waals surface area contributed by atoms with Crippen molar-refractivity contribution >= 4 is 16.6 Å². The molecule has 0 aliphatic heterocycles. The Hall–Kier alpha value is -1.57. The van der Waals surface area contributed by atoms with E-state index in [4.69, 9.17) is 5.73 Å². The summed E-state index contributed by atoms with van der Waals surface area (Å²) in [6.07, 6.45) is 2.77. The van der Waals surface area contributed by atoms with Gasteiger partial charge in [0, 0.05) is 5.39 Å². The molecule has 15 heavy (non-hydrogen) atoms. The van der Waals surface area contributed by atoms with Gasteiger partial charge in [-0.05, 0) is 24.0 Å². The number of rotatable bonds is 2. The molecule has 0 fully saturated rings. The minimum Gasteiger partial charge on any atom is -0.397 e. The zero-order valence-corrected chi connectivity index (χ0v) is 9.20. The molecule has 0 aliphatic rings. The lowest BCUT2D eigenvalue weighted by molar-refractivity contribution is 0.651. The van der Waals surface area contributed by atoms with Crippen molar-refractivity contribution < 1.29 is 0 Å². The molecule has 78 valence electrons. The van der Waals surface area contributed by atoms with E-state index < -0.39 is 0 Å². The fourth-order valence-electron chi connectivity index (χ4n) is 1.85. The topological polar surface area (TPSA) is 38.9 Å². The maximum absolute atomic E-state index is 5.97. The van der Waals surface area contributed by atoms with E-state index in [1.54, 1.807) is 6.20 Å². The second-order valence-electron chi connectivity index (χ2n) is 4.31. The fourth-order valence-corrected chi connectivity index (χ4v) is 1.85. The van der Waals surface area contributed by atoms with Crippen LogP contribution in [0.5, 0.6) is 0 Å². The van der Waals surface area contributed by atoms with Crippen molar-refractivity contribution in [2.24, 2.45) is 5.92 Å². The fraction of sp³-hybridized carbons (Fsp3) is 0.308. The third kappa shape index (κ3) is 1.94. The lowest BCUT2D eigenvalue weighted by Gasteiger charge is -2.11.